The zero-order chi connectivity index (χ0) is 25.1. The quantitative estimate of drug-likeness (QED) is 0.225. The summed E-state index contributed by atoms with van der Waals surface area (Å²) in [6, 6.07) is 9.28. The zero-order valence-electron chi connectivity index (χ0n) is 20.2. The minimum atomic E-state index is -0.487. The minimum Gasteiger partial charge on any atom is -0.497 e. The molecule has 0 aliphatic heterocycles. The molecule has 0 fully saturated rings. The van der Waals surface area contributed by atoms with E-state index in [2.05, 4.69) is 10.3 Å². The van der Waals surface area contributed by atoms with E-state index < -0.39 is 11.6 Å². The average Bonchev–Trinajstić information content (AvgIpc) is 3.23. The number of amides is 1. The number of nitrogens with one attached hydrogen (secondary N) is 2. The third kappa shape index (κ3) is 5.06. The number of benzene rings is 2. The number of rotatable bonds is 8. The molecule has 4 aromatic rings. The topological polar surface area (TPSA) is 111 Å². The van der Waals surface area contributed by atoms with E-state index in [0.29, 0.717) is 35.4 Å². The molecule has 0 aliphatic rings. The Morgan fingerprint density at radius 1 is 1.06 bits per heavy atom. The molecule has 2 aromatic heterocycles. The van der Waals surface area contributed by atoms with E-state index >= 15 is 0 Å². The smallest absolute Gasteiger partial charge is 0.339 e. The van der Waals surface area contributed by atoms with Crippen molar-refractivity contribution in [2.45, 2.75) is 40.0 Å². The maximum atomic E-state index is 12.7. The third-order valence-corrected chi connectivity index (χ3v) is 6.20. The lowest BCUT2D eigenvalue weighted by molar-refractivity contribution is -0.132. The van der Waals surface area contributed by atoms with Gasteiger partial charge >= 0.3 is 11.6 Å². The van der Waals surface area contributed by atoms with Gasteiger partial charge in [-0.3, -0.25) is 9.59 Å². The second kappa shape index (κ2) is 10.0. The Hall–Kier alpha value is -4.07. The molecule has 0 saturated heterocycles. The van der Waals surface area contributed by atoms with Gasteiger partial charge in [-0.15, -0.1) is 0 Å². The Morgan fingerprint density at radius 2 is 1.86 bits per heavy atom. The van der Waals surface area contributed by atoms with Gasteiger partial charge in [0.15, 0.2) is 0 Å². The van der Waals surface area contributed by atoms with Crippen LogP contribution in [0.15, 0.2) is 45.7 Å². The van der Waals surface area contributed by atoms with Gasteiger partial charge in [-0.25, -0.2) is 4.79 Å². The molecule has 2 aromatic carbocycles. The van der Waals surface area contributed by atoms with Crippen molar-refractivity contribution in [3.8, 4) is 11.5 Å². The van der Waals surface area contributed by atoms with Crippen LogP contribution in [0.25, 0.3) is 21.9 Å². The van der Waals surface area contributed by atoms with Crippen molar-refractivity contribution in [3.63, 3.8) is 0 Å². The van der Waals surface area contributed by atoms with E-state index in [1.165, 1.54) is 6.92 Å². The summed E-state index contributed by atoms with van der Waals surface area (Å²) in [5.74, 6) is 0.555. The van der Waals surface area contributed by atoms with Crippen molar-refractivity contribution in [2.75, 3.05) is 13.7 Å². The van der Waals surface area contributed by atoms with Crippen LogP contribution in [0.1, 0.15) is 35.6 Å². The first-order valence-corrected chi connectivity index (χ1v) is 11.4. The van der Waals surface area contributed by atoms with Gasteiger partial charge in [0, 0.05) is 53.5 Å². The number of esters is 1. The standard InChI is InChI=1S/C27H28N2O6/c1-15-20-6-9-24(34-17(3)30)16(2)26(20)35-27(32)21(15)7-10-25(31)28-12-11-18-14-29-23-8-5-19(33-4)13-22(18)23/h5-6,8-9,13-14,29H,7,10-12H2,1-4H3,(H,28,31). The molecular formula is C27H28N2O6. The summed E-state index contributed by atoms with van der Waals surface area (Å²) < 4.78 is 16.0. The highest BCUT2D eigenvalue weighted by Gasteiger charge is 2.17. The molecule has 4 rings (SSSR count). The van der Waals surface area contributed by atoms with Crippen LogP contribution in [0.5, 0.6) is 11.5 Å². The van der Waals surface area contributed by atoms with Crippen LogP contribution in [0.4, 0.5) is 0 Å². The van der Waals surface area contributed by atoms with Crippen molar-refractivity contribution in [1.29, 1.82) is 0 Å². The van der Waals surface area contributed by atoms with Crippen LogP contribution in [0.2, 0.25) is 0 Å². The average molecular weight is 477 g/mol. The zero-order valence-corrected chi connectivity index (χ0v) is 20.2. The Balaban J connectivity index is 1.40. The summed E-state index contributed by atoms with van der Waals surface area (Å²) in [6.07, 6.45) is 3.04. The molecule has 2 heterocycles. The molecule has 0 spiro atoms. The lowest BCUT2D eigenvalue weighted by atomic mass is 10.00. The SMILES string of the molecule is COc1ccc2[nH]cc(CCNC(=O)CCc3c(C)c4ccc(OC(C)=O)c(C)c4oc3=O)c2c1. The molecule has 0 unspecified atom stereocenters. The fraction of sp³-hybridized carbons (Fsp3) is 0.296. The number of hydrogen-bond donors (Lipinski definition) is 2. The summed E-state index contributed by atoms with van der Waals surface area (Å²) in [5, 5.41) is 4.75. The van der Waals surface area contributed by atoms with Gasteiger partial charge in [0.2, 0.25) is 5.91 Å². The summed E-state index contributed by atoms with van der Waals surface area (Å²) in [6.45, 7) is 5.37. The van der Waals surface area contributed by atoms with Gasteiger partial charge in [0.25, 0.3) is 0 Å². The number of aryl methyl sites for hydroxylation is 2. The van der Waals surface area contributed by atoms with Gasteiger partial charge in [-0.2, -0.15) is 0 Å². The predicted octanol–water partition coefficient (Wildman–Crippen LogP) is 4.12. The number of methoxy groups -OCH3 is 1. The summed E-state index contributed by atoms with van der Waals surface area (Å²) in [5.41, 5.74) is 3.81. The second-order valence-corrected chi connectivity index (χ2v) is 8.48. The molecule has 8 heteroatoms. The number of aromatic amines is 1. The van der Waals surface area contributed by atoms with Crippen molar-refractivity contribution < 1.29 is 23.5 Å². The van der Waals surface area contributed by atoms with E-state index in [0.717, 1.165) is 33.2 Å². The van der Waals surface area contributed by atoms with E-state index in [1.54, 1.807) is 26.2 Å². The van der Waals surface area contributed by atoms with E-state index in [9.17, 15) is 14.4 Å². The molecule has 0 aliphatic carbocycles. The number of ether oxygens (including phenoxy) is 2. The van der Waals surface area contributed by atoms with Gasteiger partial charge in [-0.05, 0) is 68.1 Å². The number of carbonyl (C=O) groups is 2. The van der Waals surface area contributed by atoms with Gasteiger partial charge < -0.3 is 24.2 Å². The van der Waals surface area contributed by atoms with Crippen molar-refractivity contribution in [1.82, 2.24) is 10.3 Å². The Labute approximate surface area is 202 Å². The molecule has 35 heavy (non-hydrogen) atoms. The second-order valence-electron chi connectivity index (χ2n) is 8.48. The Morgan fingerprint density at radius 3 is 2.60 bits per heavy atom. The van der Waals surface area contributed by atoms with E-state index in [4.69, 9.17) is 13.9 Å². The molecule has 2 N–H and O–H groups in total. The fourth-order valence-corrected chi connectivity index (χ4v) is 4.28. The van der Waals surface area contributed by atoms with Crippen LogP contribution in [0.3, 0.4) is 0 Å². The lowest BCUT2D eigenvalue weighted by Gasteiger charge is -2.12. The largest absolute Gasteiger partial charge is 0.497 e. The minimum absolute atomic E-state index is 0.136. The normalized spacial score (nSPS) is 11.1. The number of fused-ring (bicyclic) bond motifs is 2. The highest BCUT2D eigenvalue weighted by atomic mass is 16.5. The summed E-state index contributed by atoms with van der Waals surface area (Å²) in [7, 11) is 1.63. The van der Waals surface area contributed by atoms with Crippen LogP contribution in [0, 0.1) is 13.8 Å². The lowest BCUT2D eigenvalue weighted by Crippen LogP contribution is -2.26. The molecular weight excluding hydrogens is 448 g/mol. The Kier molecular flexibility index (Phi) is 6.91. The predicted molar refractivity (Wildman–Crippen MR) is 133 cm³/mol. The van der Waals surface area contributed by atoms with Crippen molar-refractivity contribution in [3.05, 3.63) is 69.2 Å². The number of hydrogen-bond acceptors (Lipinski definition) is 6. The Bertz CT molecular complexity index is 1480. The first kappa shape index (κ1) is 24.1. The van der Waals surface area contributed by atoms with Gasteiger partial charge in [-0.1, -0.05) is 0 Å². The van der Waals surface area contributed by atoms with E-state index in [-0.39, 0.29) is 18.7 Å². The van der Waals surface area contributed by atoms with Crippen molar-refractivity contribution in [2.24, 2.45) is 0 Å². The van der Waals surface area contributed by atoms with E-state index in [1.807, 2.05) is 31.3 Å². The van der Waals surface area contributed by atoms with Crippen LogP contribution in [-0.4, -0.2) is 30.5 Å². The van der Waals surface area contributed by atoms with Crippen LogP contribution in [-0.2, 0) is 22.4 Å². The summed E-state index contributed by atoms with van der Waals surface area (Å²) >= 11 is 0. The monoisotopic (exact) mass is 476 g/mol. The van der Waals surface area contributed by atoms with Gasteiger partial charge in [0.1, 0.15) is 17.1 Å². The molecule has 0 atom stereocenters. The highest BCUT2D eigenvalue weighted by Crippen LogP contribution is 2.30. The molecule has 1 amide bonds. The summed E-state index contributed by atoms with van der Waals surface area (Å²) in [4.78, 5) is 39.7. The number of H-pyrrole nitrogens is 1. The van der Waals surface area contributed by atoms with Crippen molar-refractivity contribution >= 4 is 33.7 Å². The molecule has 182 valence electrons. The molecule has 0 saturated carbocycles. The molecule has 0 radical (unpaired) electrons. The molecule has 8 nitrogen and oxygen atoms in total. The first-order valence-electron chi connectivity index (χ1n) is 11.4. The number of aromatic nitrogens is 1. The fourth-order valence-electron chi connectivity index (χ4n) is 4.28. The van der Waals surface area contributed by atoms with Crippen LogP contribution >= 0.6 is 0 Å². The first-order chi connectivity index (χ1) is 16.8. The maximum Gasteiger partial charge on any atom is 0.339 e. The third-order valence-electron chi connectivity index (χ3n) is 6.20. The molecule has 0 bridgehead atoms. The van der Waals surface area contributed by atoms with Crippen LogP contribution < -0.4 is 20.4 Å². The maximum absolute atomic E-state index is 12.7. The highest BCUT2D eigenvalue weighted by molar-refractivity contribution is 5.87. The van der Waals surface area contributed by atoms with Gasteiger partial charge in [0.05, 0.1) is 7.11 Å². The number of carbonyl (C=O) groups excluding carboxylic acids is 2.